The molecule has 4 aromatic rings. The number of alkyl halides is 4. The average molecular weight is 605 g/mol. The highest BCUT2D eigenvalue weighted by Gasteiger charge is 2.29. The molecule has 4 rings (SSSR count). The largest absolute Gasteiger partial charge is 0.366 e. The zero-order valence-electron chi connectivity index (χ0n) is 22.2. The maximum Gasteiger partial charge on any atom is 0.282 e. The van der Waals surface area contributed by atoms with Gasteiger partial charge >= 0.3 is 0 Å². The third kappa shape index (κ3) is 6.99. The van der Waals surface area contributed by atoms with Gasteiger partial charge in [0.2, 0.25) is 0 Å². The van der Waals surface area contributed by atoms with Gasteiger partial charge in [0.25, 0.3) is 18.8 Å². The number of Topliss-reactive ketones (excluding diaryl/α,β-unsaturated/α-hetero) is 1. The van der Waals surface area contributed by atoms with Crippen molar-refractivity contribution in [1.82, 2.24) is 14.8 Å². The SMILES string of the molecule is C=Cc1c(C(F)F)nn(CC(=O)C[C@@H](Cc2cc(F)cc(F)c2)c2ncccc2-c2ccc(F)c(C(N)=O)c2)c1C(F)F. The summed E-state index contributed by atoms with van der Waals surface area (Å²) in [5.41, 5.74) is 3.33. The molecule has 0 fully saturated rings. The van der Waals surface area contributed by atoms with Gasteiger partial charge in [-0.1, -0.05) is 24.8 Å². The fourth-order valence-corrected chi connectivity index (χ4v) is 4.88. The minimum absolute atomic E-state index is 0.130. The van der Waals surface area contributed by atoms with E-state index in [0.29, 0.717) is 16.3 Å². The van der Waals surface area contributed by atoms with Crippen LogP contribution >= 0.6 is 0 Å². The Labute approximate surface area is 240 Å². The number of primary amides is 1. The standard InChI is InChI=1S/C30H23F7N4O2/c1-2-21-26(28(34)35)40-41(27(21)29(36)37)14-20(42)11-17(8-15-9-18(31)13-19(32)10-15)25-22(4-3-7-39-25)16-5-6-24(33)23(12-16)30(38)43/h2-7,9-10,12-13,17,28-29H,1,8,11,14H2,(H2,38,43)/t17-/m1/s1. The van der Waals surface area contributed by atoms with Gasteiger partial charge in [-0.25, -0.2) is 30.7 Å². The quantitative estimate of drug-likeness (QED) is 0.177. The van der Waals surface area contributed by atoms with E-state index in [-0.39, 0.29) is 23.2 Å². The van der Waals surface area contributed by atoms with Crippen LogP contribution < -0.4 is 5.73 Å². The fourth-order valence-electron chi connectivity index (χ4n) is 4.88. The number of rotatable bonds is 12. The Kier molecular flexibility index (Phi) is 9.42. The van der Waals surface area contributed by atoms with Crippen molar-refractivity contribution in [2.45, 2.75) is 38.2 Å². The molecule has 0 bridgehead atoms. The van der Waals surface area contributed by atoms with E-state index in [1.165, 1.54) is 24.4 Å². The van der Waals surface area contributed by atoms with E-state index in [1.807, 2.05) is 0 Å². The van der Waals surface area contributed by atoms with Crippen molar-refractivity contribution in [3.63, 3.8) is 0 Å². The number of ketones is 1. The lowest BCUT2D eigenvalue weighted by Gasteiger charge is -2.20. The number of nitrogens with two attached hydrogens (primary N) is 1. The van der Waals surface area contributed by atoms with Crippen LogP contribution in [0, 0.1) is 17.5 Å². The molecular weight excluding hydrogens is 581 g/mol. The summed E-state index contributed by atoms with van der Waals surface area (Å²) in [6, 6.07) is 9.34. The maximum atomic E-state index is 14.2. The molecule has 2 aromatic carbocycles. The minimum atomic E-state index is -3.26. The fraction of sp³-hybridized carbons (Fsp3) is 0.200. The number of amides is 1. The second kappa shape index (κ2) is 13.0. The van der Waals surface area contributed by atoms with E-state index in [4.69, 9.17) is 5.73 Å². The Balaban J connectivity index is 1.77. The van der Waals surface area contributed by atoms with Gasteiger partial charge in [-0.15, -0.1) is 0 Å². The zero-order chi connectivity index (χ0) is 31.4. The van der Waals surface area contributed by atoms with Crippen LogP contribution in [0.4, 0.5) is 30.7 Å². The molecule has 13 heteroatoms. The molecule has 0 saturated carbocycles. The molecule has 1 atom stereocenters. The van der Waals surface area contributed by atoms with E-state index in [2.05, 4.69) is 16.7 Å². The molecule has 0 spiro atoms. The van der Waals surface area contributed by atoms with Gasteiger partial charge in [-0.05, 0) is 47.9 Å². The molecule has 43 heavy (non-hydrogen) atoms. The maximum absolute atomic E-state index is 14.2. The third-order valence-electron chi connectivity index (χ3n) is 6.65. The van der Waals surface area contributed by atoms with Crippen LogP contribution in [0.15, 0.2) is 61.3 Å². The predicted molar refractivity (Wildman–Crippen MR) is 143 cm³/mol. The number of carbonyl (C=O) groups excluding carboxylic acids is 2. The molecule has 0 radical (unpaired) electrons. The second-order valence-corrected chi connectivity index (χ2v) is 9.56. The van der Waals surface area contributed by atoms with Gasteiger partial charge in [-0.3, -0.25) is 19.3 Å². The first kappa shape index (κ1) is 31.1. The molecule has 0 unspecified atom stereocenters. The Hall–Kier alpha value is -4.81. The van der Waals surface area contributed by atoms with E-state index in [1.54, 1.807) is 6.07 Å². The lowest BCUT2D eigenvalue weighted by Crippen LogP contribution is -2.19. The van der Waals surface area contributed by atoms with Gasteiger partial charge < -0.3 is 5.73 Å². The zero-order valence-corrected chi connectivity index (χ0v) is 22.2. The Morgan fingerprint density at radius 2 is 1.65 bits per heavy atom. The topological polar surface area (TPSA) is 90.9 Å². The van der Waals surface area contributed by atoms with Crippen molar-refractivity contribution >= 4 is 17.8 Å². The molecule has 2 N–H and O–H groups in total. The van der Waals surface area contributed by atoms with Crippen molar-refractivity contribution in [2.24, 2.45) is 5.73 Å². The summed E-state index contributed by atoms with van der Waals surface area (Å²) >= 11 is 0. The van der Waals surface area contributed by atoms with Gasteiger partial charge in [-0.2, -0.15) is 5.10 Å². The predicted octanol–water partition coefficient (Wildman–Crippen LogP) is 6.97. The van der Waals surface area contributed by atoms with Gasteiger partial charge in [0.1, 0.15) is 35.4 Å². The summed E-state index contributed by atoms with van der Waals surface area (Å²) in [4.78, 5) is 29.4. The number of benzene rings is 2. The molecule has 0 saturated heterocycles. The number of pyridine rings is 1. The summed E-state index contributed by atoms with van der Waals surface area (Å²) in [5, 5.41) is 3.53. The first-order valence-corrected chi connectivity index (χ1v) is 12.7. The van der Waals surface area contributed by atoms with Crippen molar-refractivity contribution in [3.05, 3.63) is 113 Å². The summed E-state index contributed by atoms with van der Waals surface area (Å²) in [6.07, 6.45) is -4.92. The number of halogens is 7. The van der Waals surface area contributed by atoms with Crippen LogP contribution in [0.3, 0.4) is 0 Å². The number of carbonyl (C=O) groups is 2. The Bertz CT molecular complexity index is 1670. The van der Waals surface area contributed by atoms with Crippen LogP contribution in [0.25, 0.3) is 17.2 Å². The molecule has 1 amide bonds. The molecule has 0 aliphatic heterocycles. The molecule has 2 aromatic heterocycles. The lowest BCUT2D eigenvalue weighted by molar-refractivity contribution is -0.120. The number of aromatic nitrogens is 3. The molecule has 224 valence electrons. The first-order chi connectivity index (χ1) is 20.4. The van der Waals surface area contributed by atoms with Crippen molar-refractivity contribution in [3.8, 4) is 11.1 Å². The van der Waals surface area contributed by atoms with Crippen LogP contribution in [0.5, 0.6) is 0 Å². The van der Waals surface area contributed by atoms with Crippen LogP contribution in [-0.4, -0.2) is 26.5 Å². The molecular formula is C30H23F7N4O2. The van der Waals surface area contributed by atoms with Gasteiger partial charge in [0, 0.05) is 35.7 Å². The second-order valence-electron chi connectivity index (χ2n) is 9.56. The average Bonchev–Trinajstić information content (AvgIpc) is 3.31. The third-order valence-corrected chi connectivity index (χ3v) is 6.65. The van der Waals surface area contributed by atoms with E-state index < -0.39 is 83.4 Å². The molecule has 2 heterocycles. The van der Waals surface area contributed by atoms with Gasteiger partial charge in [0.15, 0.2) is 5.78 Å². The highest BCUT2D eigenvalue weighted by Crippen LogP contribution is 2.35. The highest BCUT2D eigenvalue weighted by molar-refractivity contribution is 5.94. The van der Waals surface area contributed by atoms with Crippen LogP contribution in [0.1, 0.15) is 63.8 Å². The van der Waals surface area contributed by atoms with E-state index >= 15 is 0 Å². The highest BCUT2D eigenvalue weighted by atomic mass is 19.3. The lowest BCUT2D eigenvalue weighted by atomic mass is 9.86. The van der Waals surface area contributed by atoms with E-state index in [9.17, 15) is 40.3 Å². The number of hydrogen-bond acceptors (Lipinski definition) is 4. The van der Waals surface area contributed by atoms with E-state index in [0.717, 1.165) is 24.3 Å². The summed E-state index contributed by atoms with van der Waals surface area (Å²) in [7, 11) is 0. The monoisotopic (exact) mass is 604 g/mol. The van der Waals surface area contributed by atoms with Crippen LogP contribution in [0.2, 0.25) is 0 Å². The Morgan fingerprint density at radius 1 is 0.953 bits per heavy atom. The normalized spacial score (nSPS) is 12.1. The van der Waals surface area contributed by atoms with Crippen molar-refractivity contribution in [2.75, 3.05) is 0 Å². The summed E-state index contributed by atoms with van der Waals surface area (Å²) < 4.78 is 97.4. The summed E-state index contributed by atoms with van der Waals surface area (Å²) in [6.45, 7) is 2.47. The number of nitrogens with zero attached hydrogens (tertiary/aromatic N) is 3. The number of hydrogen-bond donors (Lipinski definition) is 1. The van der Waals surface area contributed by atoms with Crippen molar-refractivity contribution < 1.29 is 40.3 Å². The molecule has 0 aliphatic rings. The molecule has 6 nitrogen and oxygen atoms in total. The minimum Gasteiger partial charge on any atom is -0.366 e. The first-order valence-electron chi connectivity index (χ1n) is 12.7. The smallest absolute Gasteiger partial charge is 0.282 e. The molecule has 0 aliphatic carbocycles. The van der Waals surface area contributed by atoms with Gasteiger partial charge in [0.05, 0.1) is 11.3 Å². The van der Waals surface area contributed by atoms with Crippen molar-refractivity contribution in [1.29, 1.82) is 0 Å². The Morgan fingerprint density at radius 3 is 2.26 bits per heavy atom. The van der Waals surface area contributed by atoms with Crippen LogP contribution in [-0.2, 0) is 17.8 Å². The summed E-state index contributed by atoms with van der Waals surface area (Å²) in [5.74, 6) is -5.38.